The number of ether oxygens (including phenoxy) is 1. The van der Waals surface area contributed by atoms with Gasteiger partial charge in [-0.15, -0.1) is 4.85 Å². The number of fused-ring (bicyclic) bond motifs is 1. The highest BCUT2D eigenvalue weighted by Crippen LogP contribution is 2.17. The number of likely N-dealkylation sites (N-methyl/N-ethyl adjacent to an activating group) is 1. The van der Waals surface area contributed by atoms with Gasteiger partial charge in [0, 0.05) is 0 Å². The van der Waals surface area contributed by atoms with Crippen LogP contribution in [0.2, 0.25) is 0 Å². The third-order valence-electron chi connectivity index (χ3n) is 5.72. The Morgan fingerprint density at radius 1 is 1.06 bits per heavy atom. The van der Waals surface area contributed by atoms with Gasteiger partial charge in [0.25, 0.3) is 0 Å². The third-order valence-corrected chi connectivity index (χ3v) is 5.72. The van der Waals surface area contributed by atoms with E-state index >= 15 is 0 Å². The lowest BCUT2D eigenvalue weighted by atomic mass is 10.0. The molecule has 172 valence electrons. The predicted octanol–water partition coefficient (Wildman–Crippen LogP) is 4.22. The van der Waals surface area contributed by atoms with Crippen LogP contribution in [0.5, 0.6) is 5.75 Å². The van der Waals surface area contributed by atoms with E-state index < -0.39 is 6.04 Å². The molecular formula is C25H34N4O3. The lowest BCUT2D eigenvalue weighted by Gasteiger charge is -2.20. The average Bonchev–Trinajstić information content (AvgIpc) is 3.14. The van der Waals surface area contributed by atoms with Crippen LogP contribution in [-0.4, -0.2) is 47.4 Å². The summed E-state index contributed by atoms with van der Waals surface area (Å²) < 4.78 is 7.07. The van der Waals surface area contributed by atoms with Crippen molar-refractivity contribution in [1.29, 1.82) is 0 Å². The van der Waals surface area contributed by atoms with E-state index in [2.05, 4.69) is 12.1 Å². The maximum absolute atomic E-state index is 13.2. The summed E-state index contributed by atoms with van der Waals surface area (Å²) in [5, 5.41) is 16.0. The van der Waals surface area contributed by atoms with Gasteiger partial charge in [-0.05, 0) is 56.8 Å². The Morgan fingerprint density at radius 2 is 1.75 bits per heavy atom. The first kappa shape index (κ1) is 23.7. The van der Waals surface area contributed by atoms with Crippen LogP contribution in [0.4, 0.5) is 0 Å². The molecule has 3 aromatic rings. The molecule has 0 unspecified atom stereocenters. The lowest BCUT2D eigenvalue weighted by Crippen LogP contribution is -2.42. The molecule has 32 heavy (non-hydrogen) atoms. The highest BCUT2D eigenvalue weighted by atomic mass is 16.5. The molecule has 7 heteroatoms. The van der Waals surface area contributed by atoms with E-state index in [1.165, 1.54) is 36.8 Å². The van der Waals surface area contributed by atoms with Crippen molar-refractivity contribution < 1.29 is 14.4 Å². The van der Waals surface area contributed by atoms with Crippen molar-refractivity contribution >= 4 is 16.9 Å². The summed E-state index contributed by atoms with van der Waals surface area (Å²) >= 11 is 0. The minimum absolute atomic E-state index is 0.232. The zero-order valence-electron chi connectivity index (χ0n) is 19.4. The van der Waals surface area contributed by atoms with Crippen LogP contribution in [0, 0.1) is 5.21 Å². The van der Waals surface area contributed by atoms with Gasteiger partial charge in [0.05, 0.1) is 6.61 Å². The molecule has 1 atom stereocenters. The molecule has 0 aliphatic heterocycles. The van der Waals surface area contributed by atoms with E-state index in [1.807, 2.05) is 43.3 Å². The number of carbonyl (C=O) groups excluding carboxylic acids is 1. The summed E-state index contributed by atoms with van der Waals surface area (Å²) in [6.45, 7) is 2.95. The molecule has 0 saturated heterocycles. The number of nitrogens with zero attached hydrogens (tertiary/aromatic N) is 4. The van der Waals surface area contributed by atoms with E-state index in [-0.39, 0.29) is 5.91 Å². The molecule has 2 aromatic carbocycles. The Balaban J connectivity index is 1.59. The van der Waals surface area contributed by atoms with Gasteiger partial charge in [0.1, 0.15) is 17.0 Å². The van der Waals surface area contributed by atoms with E-state index in [0.29, 0.717) is 22.3 Å². The van der Waals surface area contributed by atoms with Crippen molar-refractivity contribution in [3.8, 4) is 5.75 Å². The number of hydrogen-bond donors (Lipinski definition) is 0. The predicted molar refractivity (Wildman–Crippen MR) is 126 cm³/mol. The molecule has 7 nitrogen and oxygen atoms in total. The van der Waals surface area contributed by atoms with Gasteiger partial charge >= 0.3 is 5.91 Å². The molecule has 0 amide bonds. The van der Waals surface area contributed by atoms with Gasteiger partial charge in [-0.25, -0.2) is 4.79 Å². The summed E-state index contributed by atoms with van der Waals surface area (Å²) in [7, 11) is 3.72. The molecule has 0 aliphatic rings. The Bertz CT molecular complexity index is 998. The highest BCUT2D eigenvalue weighted by Gasteiger charge is 2.31. The number of rotatable bonds is 12. The minimum atomic E-state index is -0.451. The summed E-state index contributed by atoms with van der Waals surface area (Å²) in [5.74, 6) is 0.615. The van der Waals surface area contributed by atoms with Crippen LogP contribution in [0.15, 0.2) is 48.5 Å². The monoisotopic (exact) mass is 438 g/mol. The Hall–Kier alpha value is -2.93. The molecule has 1 heterocycles. The maximum Gasteiger partial charge on any atom is 0.352 e. The minimum Gasteiger partial charge on any atom is -0.691 e. The van der Waals surface area contributed by atoms with E-state index in [1.54, 1.807) is 24.3 Å². The van der Waals surface area contributed by atoms with Crippen molar-refractivity contribution in [3.63, 3.8) is 0 Å². The molecule has 0 bridgehead atoms. The summed E-state index contributed by atoms with van der Waals surface area (Å²) in [6.07, 6.45) is 7.94. The van der Waals surface area contributed by atoms with Gasteiger partial charge < -0.3 is 9.94 Å². The average molecular weight is 439 g/mol. The molecule has 0 spiro atoms. The number of benzene rings is 2. The summed E-state index contributed by atoms with van der Waals surface area (Å²) in [4.78, 5) is 15.6. The fourth-order valence-electron chi connectivity index (χ4n) is 3.79. The largest absolute Gasteiger partial charge is 0.691 e. The second-order valence-electron chi connectivity index (χ2n) is 8.44. The van der Waals surface area contributed by atoms with Crippen molar-refractivity contribution in [2.45, 2.75) is 57.9 Å². The molecule has 0 saturated carbocycles. The topological polar surface area (TPSA) is 74.3 Å². The maximum atomic E-state index is 13.2. The SMILES string of the molecule is CCCCCCCCOc1ccc(C[C@@H](C(=O)n2n[n+]([O-])c3ccccc32)N(C)C)cc1. The number of hydrogen-bond acceptors (Lipinski definition) is 5. The first-order valence-electron chi connectivity index (χ1n) is 11.5. The molecule has 0 aliphatic carbocycles. The number of unbranched alkanes of at least 4 members (excludes halogenated alkanes) is 5. The van der Waals surface area contributed by atoms with Gasteiger partial charge in [0.2, 0.25) is 11.0 Å². The van der Waals surface area contributed by atoms with E-state index in [9.17, 15) is 10.0 Å². The van der Waals surface area contributed by atoms with Crippen molar-refractivity contribution in [3.05, 3.63) is 59.3 Å². The number of carbonyl (C=O) groups is 1. The second-order valence-corrected chi connectivity index (χ2v) is 8.44. The molecule has 1 aromatic heterocycles. The Morgan fingerprint density at radius 3 is 2.47 bits per heavy atom. The smallest absolute Gasteiger partial charge is 0.352 e. The standard InChI is InChI=1S/C25H34N4O3/c1-4-5-6-7-8-11-18-32-21-16-14-20(15-17-21)19-24(27(2)3)25(30)28-22-12-9-10-13-23(22)29(31)26-28/h9-10,12-17,24H,4-8,11,18-19H2,1-3H3/t24-/m0/s1. The third kappa shape index (κ3) is 6.07. The van der Waals surface area contributed by atoms with E-state index in [4.69, 9.17) is 4.74 Å². The molecule has 3 rings (SSSR count). The van der Waals surface area contributed by atoms with Gasteiger partial charge in [0.15, 0.2) is 0 Å². The molecule has 0 N–H and O–H groups in total. The fraction of sp³-hybridized carbons (Fsp3) is 0.480. The van der Waals surface area contributed by atoms with Crippen LogP contribution in [0.1, 0.15) is 55.8 Å². The quantitative estimate of drug-likeness (QED) is 0.240. The summed E-state index contributed by atoms with van der Waals surface area (Å²) in [5.41, 5.74) is 1.92. The molecule has 0 fully saturated rings. The van der Waals surface area contributed by atoms with Gasteiger partial charge in [-0.1, -0.05) is 68.0 Å². The van der Waals surface area contributed by atoms with Crippen LogP contribution in [0.3, 0.4) is 0 Å². The Labute approximate surface area is 190 Å². The van der Waals surface area contributed by atoms with Crippen LogP contribution >= 0.6 is 0 Å². The normalized spacial score (nSPS) is 12.4. The molecular weight excluding hydrogens is 404 g/mol. The summed E-state index contributed by atoms with van der Waals surface area (Å²) in [6, 6.07) is 14.4. The first-order chi connectivity index (χ1) is 15.5. The van der Waals surface area contributed by atoms with Gasteiger partial charge in [-0.3, -0.25) is 4.90 Å². The van der Waals surface area contributed by atoms with Crippen molar-refractivity contribution in [2.75, 3.05) is 20.7 Å². The lowest BCUT2D eigenvalue weighted by molar-refractivity contribution is -0.645. The van der Waals surface area contributed by atoms with Crippen LogP contribution < -0.4 is 9.58 Å². The van der Waals surface area contributed by atoms with Gasteiger partial charge in [-0.2, -0.15) is 0 Å². The zero-order valence-corrected chi connectivity index (χ0v) is 19.4. The highest BCUT2D eigenvalue weighted by molar-refractivity contribution is 5.91. The number of para-hydroxylation sites is 2. The first-order valence-corrected chi connectivity index (χ1v) is 11.5. The second kappa shape index (κ2) is 11.6. The van der Waals surface area contributed by atoms with E-state index in [0.717, 1.165) is 24.3 Å². The van der Waals surface area contributed by atoms with Crippen LogP contribution in [0.25, 0.3) is 11.0 Å². The van der Waals surface area contributed by atoms with Crippen LogP contribution in [-0.2, 0) is 6.42 Å². The van der Waals surface area contributed by atoms with Crippen molar-refractivity contribution in [1.82, 2.24) is 14.8 Å². The fourth-order valence-corrected chi connectivity index (χ4v) is 3.79. The Kier molecular flexibility index (Phi) is 8.62. The zero-order chi connectivity index (χ0) is 22.9. The molecule has 0 radical (unpaired) electrons. The van der Waals surface area contributed by atoms with Crippen molar-refractivity contribution in [2.24, 2.45) is 0 Å². The number of aromatic nitrogens is 3.